The first kappa shape index (κ1) is 24.3. The zero-order valence-electron chi connectivity index (χ0n) is 20.8. The number of ether oxygens (including phenoxy) is 1. The summed E-state index contributed by atoms with van der Waals surface area (Å²) in [5.41, 5.74) is 3.54. The molecule has 0 aromatic heterocycles. The van der Waals surface area contributed by atoms with E-state index < -0.39 is 0 Å². The van der Waals surface area contributed by atoms with Crippen LogP contribution in [-0.2, 0) is 4.74 Å². The second-order valence-corrected chi connectivity index (χ2v) is 9.84. The number of nitrogens with zero attached hydrogens (tertiary/aromatic N) is 2. The summed E-state index contributed by atoms with van der Waals surface area (Å²) in [6.07, 6.45) is 2.85. The topological polar surface area (TPSA) is 61.9 Å². The summed E-state index contributed by atoms with van der Waals surface area (Å²) in [5.74, 6) is -0.0336. The fraction of sp³-hybridized carbons (Fsp3) is 0.500. The van der Waals surface area contributed by atoms with Crippen molar-refractivity contribution in [3.8, 4) is 0 Å². The zero-order chi connectivity index (χ0) is 24.3. The Hall–Kier alpha value is -2.86. The van der Waals surface area contributed by atoms with Gasteiger partial charge in [-0.05, 0) is 56.7 Å². The molecule has 2 aromatic rings. The van der Waals surface area contributed by atoms with E-state index in [9.17, 15) is 9.59 Å². The third kappa shape index (κ3) is 4.69. The maximum Gasteiger partial charge on any atom is 0.409 e. The van der Waals surface area contributed by atoms with Crippen LogP contribution in [0.3, 0.4) is 0 Å². The summed E-state index contributed by atoms with van der Waals surface area (Å²) in [6, 6.07) is 16.5. The molecule has 2 unspecified atom stereocenters. The van der Waals surface area contributed by atoms with E-state index in [1.807, 2.05) is 50.2 Å². The number of nitrogens with one attached hydrogen (secondary N) is 1. The highest BCUT2D eigenvalue weighted by atomic mass is 16.6. The van der Waals surface area contributed by atoms with Gasteiger partial charge in [0.05, 0.1) is 12.6 Å². The van der Waals surface area contributed by atoms with E-state index in [1.54, 1.807) is 4.90 Å². The van der Waals surface area contributed by atoms with E-state index in [0.717, 1.165) is 48.1 Å². The largest absolute Gasteiger partial charge is 0.448 e. The van der Waals surface area contributed by atoms with Crippen molar-refractivity contribution in [3.63, 3.8) is 0 Å². The summed E-state index contributed by atoms with van der Waals surface area (Å²) >= 11 is 0. The van der Waals surface area contributed by atoms with Crippen molar-refractivity contribution in [1.29, 1.82) is 0 Å². The van der Waals surface area contributed by atoms with Crippen molar-refractivity contribution in [3.05, 3.63) is 70.8 Å². The molecule has 2 aliphatic rings. The molecule has 2 aliphatic heterocycles. The van der Waals surface area contributed by atoms with Crippen molar-refractivity contribution in [2.75, 3.05) is 26.2 Å². The maximum absolute atomic E-state index is 13.6. The van der Waals surface area contributed by atoms with Crippen LogP contribution in [0, 0.1) is 13.8 Å². The highest BCUT2D eigenvalue weighted by molar-refractivity contribution is 5.97. The van der Waals surface area contributed by atoms with Crippen molar-refractivity contribution < 1.29 is 14.3 Å². The van der Waals surface area contributed by atoms with Gasteiger partial charge >= 0.3 is 6.09 Å². The molecule has 2 amide bonds. The van der Waals surface area contributed by atoms with Gasteiger partial charge in [0.2, 0.25) is 0 Å². The first-order valence-electron chi connectivity index (χ1n) is 12.5. The summed E-state index contributed by atoms with van der Waals surface area (Å²) in [5, 5.41) is 3.44. The number of carbonyl (C=O) groups is 2. The molecule has 0 aliphatic carbocycles. The van der Waals surface area contributed by atoms with E-state index in [4.69, 9.17) is 4.74 Å². The normalized spacial score (nSPS) is 23.7. The Bertz CT molecular complexity index is 1000. The summed E-state index contributed by atoms with van der Waals surface area (Å²) in [7, 11) is 0. The monoisotopic (exact) mass is 463 g/mol. The lowest BCUT2D eigenvalue weighted by Gasteiger charge is -2.45. The molecule has 1 N–H and O–H groups in total. The fourth-order valence-corrected chi connectivity index (χ4v) is 5.82. The predicted octanol–water partition coefficient (Wildman–Crippen LogP) is 4.86. The van der Waals surface area contributed by atoms with Crippen LogP contribution in [0.1, 0.15) is 66.2 Å². The predicted molar refractivity (Wildman–Crippen MR) is 134 cm³/mol. The molecule has 182 valence electrons. The van der Waals surface area contributed by atoms with Gasteiger partial charge in [0.15, 0.2) is 0 Å². The van der Waals surface area contributed by atoms with Gasteiger partial charge < -0.3 is 15.0 Å². The first-order chi connectivity index (χ1) is 16.3. The number of hydrogen-bond acceptors (Lipinski definition) is 4. The highest BCUT2D eigenvalue weighted by Crippen LogP contribution is 2.43. The number of benzene rings is 2. The number of hydrogen-bond donors (Lipinski definition) is 1. The molecule has 2 saturated heterocycles. The van der Waals surface area contributed by atoms with Crippen LogP contribution >= 0.6 is 0 Å². The molecule has 4 rings (SSSR count). The van der Waals surface area contributed by atoms with E-state index in [-0.39, 0.29) is 23.6 Å². The van der Waals surface area contributed by atoms with Gasteiger partial charge in [0.25, 0.3) is 5.91 Å². The van der Waals surface area contributed by atoms with Crippen LogP contribution in [0.2, 0.25) is 0 Å². The van der Waals surface area contributed by atoms with Gasteiger partial charge in [0, 0.05) is 30.2 Å². The number of carbonyl (C=O) groups excluding carboxylic acids is 2. The average molecular weight is 464 g/mol. The Kier molecular flexibility index (Phi) is 7.27. The minimum Gasteiger partial charge on any atom is -0.448 e. The van der Waals surface area contributed by atoms with E-state index in [2.05, 4.69) is 36.2 Å². The van der Waals surface area contributed by atoms with E-state index in [1.165, 1.54) is 0 Å². The van der Waals surface area contributed by atoms with Gasteiger partial charge in [-0.1, -0.05) is 55.5 Å². The zero-order valence-corrected chi connectivity index (χ0v) is 20.8. The van der Waals surface area contributed by atoms with Crippen molar-refractivity contribution in [2.45, 2.75) is 64.6 Å². The summed E-state index contributed by atoms with van der Waals surface area (Å²) in [4.78, 5) is 30.0. The smallest absolute Gasteiger partial charge is 0.409 e. The van der Waals surface area contributed by atoms with E-state index >= 15 is 0 Å². The number of cyclic esters (lactones) is 1. The number of aryl methyl sites for hydroxylation is 2. The molecule has 3 atom stereocenters. The standard InChI is InChI=1S/C28H37N3O3/c1-5-23-14-15-28(4,31(23)17-16-30-18-19-34-27(30)33)25(22-12-7-6-8-13-22)29-26(32)24-20(2)10-9-11-21(24)3/h6-13,23,25H,5,14-19H2,1-4H3,(H,29,32)/t23?,25-,28?/m1/s1. The molecule has 0 bridgehead atoms. The summed E-state index contributed by atoms with van der Waals surface area (Å²) in [6.45, 7) is 11.0. The molecule has 0 radical (unpaired) electrons. The molecule has 2 aromatic carbocycles. The third-order valence-corrected chi connectivity index (χ3v) is 7.75. The lowest BCUT2D eigenvalue weighted by molar-refractivity contribution is 0.0593. The number of likely N-dealkylation sites (tertiary alicyclic amines) is 1. The molecule has 0 spiro atoms. The van der Waals surface area contributed by atoms with Gasteiger partial charge in [0.1, 0.15) is 6.61 Å². The Balaban J connectivity index is 1.66. The average Bonchev–Trinajstić information content (AvgIpc) is 3.38. The molecule has 6 nitrogen and oxygen atoms in total. The minimum atomic E-state index is -0.280. The molecule has 0 saturated carbocycles. The SMILES string of the molecule is CCC1CCC(C)([C@H](NC(=O)c2c(C)cccc2C)c2ccccc2)N1CCN1CCOC1=O. The first-order valence-corrected chi connectivity index (χ1v) is 12.5. The van der Waals surface area contributed by atoms with E-state index in [0.29, 0.717) is 25.7 Å². The van der Waals surface area contributed by atoms with Crippen LogP contribution in [0.5, 0.6) is 0 Å². The Morgan fingerprint density at radius 1 is 1.12 bits per heavy atom. The molecule has 6 heteroatoms. The van der Waals surface area contributed by atoms with Crippen molar-refractivity contribution in [1.82, 2.24) is 15.1 Å². The van der Waals surface area contributed by atoms with Gasteiger partial charge in [-0.25, -0.2) is 4.79 Å². The third-order valence-electron chi connectivity index (χ3n) is 7.75. The maximum atomic E-state index is 13.6. The number of rotatable bonds is 8. The molecule has 2 fully saturated rings. The van der Waals surface area contributed by atoms with Gasteiger partial charge in [-0.2, -0.15) is 0 Å². The second kappa shape index (κ2) is 10.2. The summed E-state index contributed by atoms with van der Waals surface area (Å²) < 4.78 is 5.14. The minimum absolute atomic E-state index is 0.0336. The van der Waals surface area contributed by atoms with Crippen LogP contribution in [0.4, 0.5) is 4.79 Å². The van der Waals surface area contributed by atoms with Gasteiger partial charge in [-0.15, -0.1) is 0 Å². The van der Waals surface area contributed by atoms with Crippen LogP contribution in [0.25, 0.3) is 0 Å². The van der Waals surface area contributed by atoms with Crippen LogP contribution in [0.15, 0.2) is 48.5 Å². The van der Waals surface area contributed by atoms with Crippen LogP contribution in [-0.4, -0.2) is 59.6 Å². The highest BCUT2D eigenvalue weighted by Gasteiger charge is 2.48. The second-order valence-electron chi connectivity index (χ2n) is 9.84. The molecule has 34 heavy (non-hydrogen) atoms. The lowest BCUT2D eigenvalue weighted by Crippen LogP contribution is -2.56. The lowest BCUT2D eigenvalue weighted by atomic mass is 9.84. The quantitative estimate of drug-likeness (QED) is 0.607. The van der Waals surface area contributed by atoms with Crippen LogP contribution < -0.4 is 5.32 Å². The fourth-order valence-electron chi connectivity index (χ4n) is 5.82. The molecular weight excluding hydrogens is 426 g/mol. The van der Waals surface area contributed by atoms with Crippen molar-refractivity contribution in [2.24, 2.45) is 0 Å². The molecular formula is C28H37N3O3. The molecule has 2 heterocycles. The Morgan fingerprint density at radius 3 is 2.44 bits per heavy atom. The van der Waals surface area contributed by atoms with Crippen molar-refractivity contribution >= 4 is 12.0 Å². The Morgan fingerprint density at radius 2 is 1.82 bits per heavy atom. The van der Waals surface area contributed by atoms with Gasteiger partial charge in [-0.3, -0.25) is 9.69 Å². The number of amides is 2. The Labute approximate surface area is 203 Å².